The van der Waals surface area contributed by atoms with Crippen LogP contribution < -0.4 is 0 Å². The van der Waals surface area contributed by atoms with Crippen LogP contribution in [0.3, 0.4) is 0 Å². The molecule has 3 heteroatoms. The lowest BCUT2D eigenvalue weighted by Crippen LogP contribution is -1.97. The molecule has 0 fully saturated rings. The fourth-order valence-corrected chi connectivity index (χ4v) is 3.31. The quantitative estimate of drug-likeness (QED) is 0.303. The van der Waals surface area contributed by atoms with Gasteiger partial charge in [-0.25, -0.2) is 4.79 Å². The summed E-state index contributed by atoms with van der Waals surface area (Å²) in [6.07, 6.45) is 19.9. The monoisotopic (exact) mass is 382 g/mol. The first-order valence-corrected chi connectivity index (χ1v) is 10.4. The Morgan fingerprint density at radius 2 is 1.89 bits per heavy atom. The third-order valence-corrected chi connectivity index (χ3v) is 5.11. The molecular weight excluding hydrogens is 348 g/mol. The standard InChI is InChI=1S/C25H34O3/c1-19(8-5-9-20(2)11-7-13-23-14-15-27-18-23)10-6-12-21(3)16-24-17-22(4)25(26)28-24/h8,11,14-18,21H,5-7,9-10,12-13H2,1-4H3/t21-/m0/s1. The van der Waals surface area contributed by atoms with Crippen LogP contribution in [-0.2, 0) is 16.0 Å². The summed E-state index contributed by atoms with van der Waals surface area (Å²) in [5.74, 6) is 0.901. The van der Waals surface area contributed by atoms with E-state index < -0.39 is 0 Å². The van der Waals surface area contributed by atoms with E-state index in [1.54, 1.807) is 13.2 Å². The molecule has 0 radical (unpaired) electrons. The number of hydrogen-bond donors (Lipinski definition) is 0. The van der Waals surface area contributed by atoms with Crippen LogP contribution in [0.4, 0.5) is 0 Å². The zero-order chi connectivity index (χ0) is 20.4. The highest BCUT2D eigenvalue weighted by Crippen LogP contribution is 2.21. The van der Waals surface area contributed by atoms with E-state index in [0.717, 1.165) is 44.9 Å². The Hall–Kier alpha value is -2.29. The Bertz CT molecular complexity index is 745. The van der Waals surface area contributed by atoms with Gasteiger partial charge in [-0.05, 0) is 95.4 Å². The van der Waals surface area contributed by atoms with Crippen molar-refractivity contribution in [2.75, 3.05) is 0 Å². The maximum Gasteiger partial charge on any atom is 0.339 e. The molecule has 0 spiro atoms. The smallest absolute Gasteiger partial charge is 0.339 e. The topological polar surface area (TPSA) is 39.4 Å². The fraction of sp³-hybridized carbons (Fsp3) is 0.480. The molecule has 1 aliphatic rings. The van der Waals surface area contributed by atoms with Crippen LogP contribution in [0, 0.1) is 5.92 Å². The van der Waals surface area contributed by atoms with E-state index in [1.165, 1.54) is 16.7 Å². The Morgan fingerprint density at radius 1 is 1.14 bits per heavy atom. The Labute approximate surface area is 169 Å². The molecular formula is C25H34O3. The summed E-state index contributed by atoms with van der Waals surface area (Å²) in [7, 11) is 0. The number of furan rings is 1. The van der Waals surface area contributed by atoms with Crippen LogP contribution in [0.1, 0.15) is 71.8 Å². The van der Waals surface area contributed by atoms with Crippen LogP contribution in [-0.4, -0.2) is 5.97 Å². The van der Waals surface area contributed by atoms with Gasteiger partial charge in [-0.2, -0.15) is 0 Å². The summed E-state index contributed by atoms with van der Waals surface area (Å²) in [4.78, 5) is 11.4. The second-order valence-corrected chi connectivity index (χ2v) is 7.97. The summed E-state index contributed by atoms with van der Waals surface area (Å²) < 4.78 is 10.3. The number of rotatable bonds is 11. The molecule has 0 saturated heterocycles. The van der Waals surface area contributed by atoms with Gasteiger partial charge in [-0.1, -0.05) is 30.2 Å². The van der Waals surface area contributed by atoms with Gasteiger partial charge in [0.25, 0.3) is 0 Å². The number of cyclic esters (lactones) is 1. The average Bonchev–Trinajstić information content (AvgIpc) is 3.25. The molecule has 1 aliphatic heterocycles. The molecule has 0 unspecified atom stereocenters. The number of carbonyl (C=O) groups excluding carboxylic acids is 1. The lowest BCUT2D eigenvalue weighted by atomic mass is 9.99. The van der Waals surface area contributed by atoms with Crippen molar-refractivity contribution in [3.05, 3.63) is 70.9 Å². The SMILES string of the molecule is CC(=CCCc1ccoc1)CCC=C(C)CCC[C@H](C)C=C1C=C(C)C(=O)O1. The van der Waals surface area contributed by atoms with Crippen molar-refractivity contribution in [3.8, 4) is 0 Å². The van der Waals surface area contributed by atoms with Crippen LogP contribution >= 0.6 is 0 Å². The number of esters is 1. The van der Waals surface area contributed by atoms with Crippen molar-refractivity contribution in [2.45, 2.75) is 72.6 Å². The van der Waals surface area contributed by atoms with E-state index in [0.29, 0.717) is 17.3 Å². The first-order chi connectivity index (χ1) is 13.4. The molecule has 0 N–H and O–H groups in total. The van der Waals surface area contributed by atoms with E-state index >= 15 is 0 Å². The fourth-order valence-electron chi connectivity index (χ4n) is 3.31. The first-order valence-electron chi connectivity index (χ1n) is 10.4. The van der Waals surface area contributed by atoms with Crippen molar-refractivity contribution in [3.63, 3.8) is 0 Å². The van der Waals surface area contributed by atoms with Crippen LogP contribution in [0.5, 0.6) is 0 Å². The Kier molecular flexibility index (Phi) is 9.06. The van der Waals surface area contributed by atoms with Gasteiger partial charge >= 0.3 is 5.97 Å². The van der Waals surface area contributed by atoms with Crippen molar-refractivity contribution in [2.24, 2.45) is 5.92 Å². The molecule has 1 atom stereocenters. The van der Waals surface area contributed by atoms with E-state index in [9.17, 15) is 4.79 Å². The average molecular weight is 383 g/mol. The molecule has 0 aromatic carbocycles. The molecule has 0 bridgehead atoms. The highest BCUT2D eigenvalue weighted by molar-refractivity contribution is 5.92. The lowest BCUT2D eigenvalue weighted by molar-refractivity contribution is -0.133. The zero-order valence-electron chi connectivity index (χ0n) is 17.8. The van der Waals surface area contributed by atoms with Crippen molar-refractivity contribution in [1.29, 1.82) is 0 Å². The van der Waals surface area contributed by atoms with Gasteiger partial charge in [0, 0.05) is 5.57 Å². The number of carbonyl (C=O) groups is 1. The van der Waals surface area contributed by atoms with Crippen molar-refractivity contribution < 1.29 is 13.9 Å². The van der Waals surface area contributed by atoms with Gasteiger partial charge in [-0.3, -0.25) is 0 Å². The minimum atomic E-state index is -0.219. The molecule has 1 aromatic rings. The first kappa shape index (κ1) is 22.0. The molecule has 2 heterocycles. The largest absolute Gasteiger partial charge is 0.472 e. The number of allylic oxidation sites excluding steroid dienone is 6. The van der Waals surface area contributed by atoms with E-state index in [1.807, 2.05) is 18.4 Å². The third-order valence-electron chi connectivity index (χ3n) is 5.11. The molecule has 2 rings (SSSR count). The summed E-state index contributed by atoms with van der Waals surface area (Å²) in [5.41, 5.74) is 4.88. The summed E-state index contributed by atoms with van der Waals surface area (Å²) in [5, 5.41) is 0. The zero-order valence-corrected chi connectivity index (χ0v) is 17.8. The van der Waals surface area contributed by atoms with Crippen molar-refractivity contribution in [1.82, 2.24) is 0 Å². The minimum absolute atomic E-state index is 0.219. The molecule has 3 nitrogen and oxygen atoms in total. The molecule has 28 heavy (non-hydrogen) atoms. The normalized spacial score (nSPS) is 17.8. The van der Waals surface area contributed by atoms with Crippen molar-refractivity contribution >= 4 is 5.97 Å². The third kappa shape index (κ3) is 8.16. The summed E-state index contributed by atoms with van der Waals surface area (Å²) >= 11 is 0. The molecule has 152 valence electrons. The molecule has 1 aromatic heterocycles. The summed E-state index contributed by atoms with van der Waals surface area (Å²) in [6.45, 7) is 8.42. The highest BCUT2D eigenvalue weighted by Gasteiger charge is 2.17. The molecule has 0 amide bonds. The van der Waals surface area contributed by atoms with E-state index in [4.69, 9.17) is 9.15 Å². The van der Waals surface area contributed by atoms with Crippen LogP contribution in [0.2, 0.25) is 0 Å². The number of hydrogen-bond acceptors (Lipinski definition) is 3. The second-order valence-electron chi connectivity index (χ2n) is 7.97. The van der Waals surface area contributed by atoms with E-state index in [2.05, 4.69) is 39.0 Å². The van der Waals surface area contributed by atoms with Gasteiger partial charge in [0.2, 0.25) is 0 Å². The van der Waals surface area contributed by atoms with Gasteiger partial charge < -0.3 is 9.15 Å². The summed E-state index contributed by atoms with van der Waals surface area (Å²) in [6, 6.07) is 2.03. The molecule has 0 saturated carbocycles. The van der Waals surface area contributed by atoms with E-state index in [-0.39, 0.29) is 5.97 Å². The lowest BCUT2D eigenvalue weighted by Gasteiger charge is -2.08. The Balaban J connectivity index is 1.60. The number of ether oxygens (including phenoxy) is 1. The molecule has 0 aliphatic carbocycles. The second kappa shape index (κ2) is 11.5. The van der Waals surface area contributed by atoms with Gasteiger partial charge in [0.05, 0.1) is 12.5 Å². The van der Waals surface area contributed by atoms with Gasteiger partial charge in [-0.15, -0.1) is 0 Å². The maximum absolute atomic E-state index is 11.4. The van der Waals surface area contributed by atoms with Gasteiger partial charge in [0.1, 0.15) is 5.76 Å². The van der Waals surface area contributed by atoms with Crippen LogP contribution in [0.25, 0.3) is 0 Å². The predicted molar refractivity (Wildman–Crippen MR) is 115 cm³/mol. The van der Waals surface area contributed by atoms with Crippen LogP contribution in [0.15, 0.2) is 69.8 Å². The maximum atomic E-state index is 11.4. The minimum Gasteiger partial charge on any atom is -0.472 e. The Morgan fingerprint density at radius 3 is 2.57 bits per heavy atom. The predicted octanol–water partition coefficient (Wildman–Crippen LogP) is 7.08. The highest BCUT2D eigenvalue weighted by atomic mass is 16.5. The number of aryl methyl sites for hydroxylation is 1. The van der Waals surface area contributed by atoms with Gasteiger partial charge in [0.15, 0.2) is 0 Å².